The second-order valence-electron chi connectivity index (χ2n) is 2.74. The van der Waals surface area contributed by atoms with Crippen LogP contribution in [0, 0.1) is 5.92 Å². The summed E-state index contributed by atoms with van der Waals surface area (Å²) in [6.45, 7) is 3.18. The molecule has 68 valence electrons. The Morgan fingerprint density at radius 1 is 1.75 bits per heavy atom. The van der Waals surface area contributed by atoms with Crippen molar-refractivity contribution in [3.8, 4) is 0 Å². The number of aliphatic hydroxyl groups excluding tert-OH is 1. The Balaban J connectivity index is 2.17. The van der Waals surface area contributed by atoms with Gasteiger partial charge in [0.05, 0.1) is 0 Å². The van der Waals surface area contributed by atoms with E-state index in [9.17, 15) is 0 Å². The van der Waals surface area contributed by atoms with Crippen LogP contribution in [0.15, 0.2) is 5.51 Å². The largest absolute Gasteiger partial charge is 0.396 e. The van der Waals surface area contributed by atoms with Gasteiger partial charge in [-0.25, -0.2) is 0 Å². The molecule has 0 bridgehead atoms. The zero-order chi connectivity index (χ0) is 8.81. The fraction of sp³-hybridized carbons (Fsp3) is 0.714. The number of rotatable bonds is 5. The second-order valence-corrected chi connectivity index (χ2v) is 3.58. The highest BCUT2D eigenvalue weighted by Gasteiger charge is 2.01. The van der Waals surface area contributed by atoms with Gasteiger partial charge in [0, 0.05) is 13.2 Å². The molecule has 0 saturated carbocycles. The van der Waals surface area contributed by atoms with Crippen molar-refractivity contribution in [2.75, 3.05) is 18.5 Å². The highest BCUT2D eigenvalue weighted by Crippen LogP contribution is 2.09. The predicted octanol–water partition coefficient (Wildman–Crippen LogP) is 0.968. The average Bonchev–Trinajstić information content (AvgIpc) is 2.53. The van der Waals surface area contributed by atoms with Gasteiger partial charge in [0.15, 0.2) is 0 Å². The maximum absolute atomic E-state index is 8.64. The molecule has 12 heavy (non-hydrogen) atoms. The number of hydrogen-bond acceptors (Lipinski definition) is 5. The fourth-order valence-electron chi connectivity index (χ4n) is 0.834. The molecular formula is C7H13N3OS. The molecule has 1 heterocycles. The Labute approximate surface area is 75.6 Å². The van der Waals surface area contributed by atoms with Crippen LogP contribution in [0.3, 0.4) is 0 Å². The Morgan fingerprint density at radius 3 is 3.17 bits per heavy atom. The van der Waals surface area contributed by atoms with Gasteiger partial charge in [-0.2, -0.15) is 0 Å². The van der Waals surface area contributed by atoms with Crippen LogP contribution >= 0.6 is 11.3 Å². The summed E-state index contributed by atoms with van der Waals surface area (Å²) in [5.74, 6) is 0.471. The van der Waals surface area contributed by atoms with Gasteiger partial charge in [0.1, 0.15) is 5.51 Å². The fourth-order valence-corrected chi connectivity index (χ4v) is 1.29. The molecule has 5 heteroatoms. The molecule has 0 saturated heterocycles. The van der Waals surface area contributed by atoms with E-state index in [2.05, 4.69) is 22.4 Å². The molecule has 1 unspecified atom stereocenters. The first-order valence-electron chi connectivity index (χ1n) is 3.94. The van der Waals surface area contributed by atoms with Crippen LogP contribution in [-0.2, 0) is 0 Å². The third-order valence-corrected chi connectivity index (χ3v) is 2.23. The molecule has 1 atom stereocenters. The molecule has 4 nitrogen and oxygen atoms in total. The number of nitrogens with one attached hydrogen (secondary N) is 1. The van der Waals surface area contributed by atoms with Crippen molar-refractivity contribution in [1.82, 2.24) is 10.2 Å². The molecule has 0 aliphatic heterocycles. The summed E-state index contributed by atoms with van der Waals surface area (Å²) in [7, 11) is 0. The Morgan fingerprint density at radius 2 is 2.58 bits per heavy atom. The van der Waals surface area contributed by atoms with Crippen molar-refractivity contribution < 1.29 is 5.11 Å². The number of nitrogens with zero attached hydrogens (tertiary/aromatic N) is 2. The van der Waals surface area contributed by atoms with E-state index in [1.165, 1.54) is 11.3 Å². The second kappa shape index (κ2) is 5.05. The predicted molar refractivity (Wildman–Crippen MR) is 49.3 cm³/mol. The first-order valence-corrected chi connectivity index (χ1v) is 4.81. The lowest BCUT2D eigenvalue weighted by Gasteiger charge is -2.08. The van der Waals surface area contributed by atoms with Gasteiger partial charge in [0.2, 0.25) is 5.13 Å². The zero-order valence-corrected chi connectivity index (χ0v) is 7.84. The van der Waals surface area contributed by atoms with E-state index in [4.69, 9.17) is 5.11 Å². The molecule has 1 rings (SSSR count). The third-order valence-electron chi connectivity index (χ3n) is 1.58. The first-order chi connectivity index (χ1) is 5.83. The zero-order valence-electron chi connectivity index (χ0n) is 7.03. The average molecular weight is 187 g/mol. The summed E-state index contributed by atoms with van der Waals surface area (Å²) in [6.07, 6.45) is 0.825. The van der Waals surface area contributed by atoms with Gasteiger partial charge in [-0.15, -0.1) is 10.2 Å². The van der Waals surface area contributed by atoms with Crippen LogP contribution in [-0.4, -0.2) is 28.5 Å². The van der Waals surface area contributed by atoms with Crippen LogP contribution < -0.4 is 5.32 Å². The monoisotopic (exact) mass is 187 g/mol. The number of aliphatic hydroxyl groups is 1. The van der Waals surface area contributed by atoms with Crippen LogP contribution in [0.5, 0.6) is 0 Å². The molecule has 0 aliphatic rings. The third kappa shape index (κ3) is 3.15. The maximum atomic E-state index is 8.64. The molecule has 0 aliphatic carbocycles. The first kappa shape index (κ1) is 9.41. The minimum Gasteiger partial charge on any atom is -0.396 e. The highest BCUT2D eigenvalue weighted by atomic mass is 32.1. The Hall–Kier alpha value is -0.680. The highest BCUT2D eigenvalue weighted by molar-refractivity contribution is 7.13. The van der Waals surface area contributed by atoms with Crippen LogP contribution in [0.4, 0.5) is 5.13 Å². The SMILES string of the molecule is CC(CCO)CNc1nncs1. The van der Waals surface area contributed by atoms with Gasteiger partial charge < -0.3 is 10.4 Å². The molecule has 0 radical (unpaired) electrons. The van der Waals surface area contributed by atoms with Gasteiger partial charge in [-0.3, -0.25) is 0 Å². The quantitative estimate of drug-likeness (QED) is 0.721. The normalized spacial score (nSPS) is 12.8. The van der Waals surface area contributed by atoms with Gasteiger partial charge in [-0.05, 0) is 12.3 Å². The lowest BCUT2D eigenvalue weighted by molar-refractivity contribution is 0.266. The summed E-state index contributed by atoms with van der Waals surface area (Å²) in [4.78, 5) is 0. The summed E-state index contributed by atoms with van der Waals surface area (Å²) < 4.78 is 0. The van der Waals surface area contributed by atoms with Crippen LogP contribution in [0.2, 0.25) is 0 Å². The topological polar surface area (TPSA) is 58.0 Å². The maximum Gasteiger partial charge on any atom is 0.205 e. The number of aromatic nitrogens is 2. The molecule has 0 fully saturated rings. The molecule has 0 spiro atoms. The Bertz CT molecular complexity index is 202. The van der Waals surface area contributed by atoms with E-state index >= 15 is 0 Å². The van der Waals surface area contributed by atoms with Crippen LogP contribution in [0.25, 0.3) is 0 Å². The summed E-state index contributed by atoms with van der Waals surface area (Å²) in [5.41, 5.74) is 1.69. The van der Waals surface area contributed by atoms with Gasteiger partial charge in [0.25, 0.3) is 0 Å². The van der Waals surface area contributed by atoms with Crippen molar-refractivity contribution in [2.45, 2.75) is 13.3 Å². The van der Waals surface area contributed by atoms with E-state index in [0.29, 0.717) is 5.92 Å². The van der Waals surface area contributed by atoms with Gasteiger partial charge in [-0.1, -0.05) is 18.3 Å². The molecule has 0 aromatic carbocycles. The van der Waals surface area contributed by atoms with Crippen molar-refractivity contribution in [1.29, 1.82) is 0 Å². The minimum absolute atomic E-state index is 0.249. The van der Waals surface area contributed by atoms with Gasteiger partial charge >= 0.3 is 0 Å². The van der Waals surface area contributed by atoms with Crippen molar-refractivity contribution in [3.63, 3.8) is 0 Å². The number of anilines is 1. The van der Waals surface area contributed by atoms with Crippen LogP contribution in [0.1, 0.15) is 13.3 Å². The standard InChI is InChI=1S/C7H13N3OS/c1-6(2-3-11)4-8-7-10-9-5-12-7/h5-6,11H,2-4H2,1H3,(H,8,10). The Kier molecular flexibility index (Phi) is 3.96. The minimum atomic E-state index is 0.249. The number of hydrogen-bond donors (Lipinski definition) is 2. The van der Waals surface area contributed by atoms with Crippen molar-refractivity contribution in [3.05, 3.63) is 5.51 Å². The summed E-state index contributed by atoms with van der Waals surface area (Å²) in [5, 5.41) is 20.2. The molecule has 2 N–H and O–H groups in total. The van der Waals surface area contributed by atoms with E-state index in [0.717, 1.165) is 18.1 Å². The van der Waals surface area contributed by atoms with Crippen molar-refractivity contribution >= 4 is 16.5 Å². The molecular weight excluding hydrogens is 174 g/mol. The summed E-state index contributed by atoms with van der Waals surface area (Å²) >= 11 is 1.49. The summed E-state index contributed by atoms with van der Waals surface area (Å²) in [6, 6.07) is 0. The van der Waals surface area contributed by atoms with E-state index in [1.807, 2.05) is 0 Å². The smallest absolute Gasteiger partial charge is 0.205 e. The molecule has 1 aromatic heterocycles. The van der Waals surface area contributed by atoms with Crippen molar-refractivity contribution in [2.24, 2.45) is 5.92 Å². The van der Waals surface area contributed by atoms with E-state index in [1.54, 1.807) is 5.51 Å². The van der Waals surface area contributed by atoms with E-state index < -0.39 is 0 Å². The van der Waals surface area contributed by atoms with E-state index in [-0.39, 0.29) is 6.61 Å². The lowest BCUT2D eigenvalue weighted by Crippen LogP contribution is -2.12. The molecule has 0 amide bonds. The molecule has 1 aromatic rings. The lowest BCUT2D eigenvalue weighted by atomic mass is 10.1.